The molecule has 0 spiro atoms. The van der Waals surface area contributed by atoms with E-state index in [4.69, 9.17) is 14.7 Å². The van der Waals surface area contributed by atoms with E-state index in [1.165, 1.54) is 0 Å². The Bertz CT molecular complexity index is 399. The number of benzene rings is 1. The number of hydrogen-bond donors (Lipinski definition) is 2. The molecular formula is C14H23NO3S. The van der Waals surface area contributed by atoms with Crippen LogP contribution in [-0.2, 0) is 6.42 Å². The maximum atomic E-state index is 8.70. The monoisotopic (exact) mass is 285 g/mol. The third-order valence-corrected chi connectivity index (χ3v) is 4.28. The number of methoxy groups -OCH3 is 2. The van der Waals surface area contributed by atoms with E-state index in [2.05, 4.69) is 19.3 Å². The summed E-state index contributed by atoms with van der Waals surface area (Å²) in [5.41, 5.74) is 3.18. The van der Waals surface area contributed by atoms with Crippen LogP contribution in [0.4, 0.5) is 0 Å². The minimum absolute atomic E-state index is 0.483. The lowest BCUT2D eigenvalue weighted by Crippen LogP contribution is -2.12. The Hall–Kier alpha value is -0.910. The van der Waals surface area contributed by atoms with Gasteiger partial charge in [-0.3, -0.25) is 0 Å². The van der Waals surface area contributed by atoms with Crippen LogP contribution in [0.25, 0.3) is 0 Å². The van der Waals surface area contributed by atoms with Crippen molar-refractivity contribution in [2.24, 2.45) is 0 Å². The van der Waals surface area contributed by atoms with Crippen molar-refractivity contribution < 1.29 is 14.7 Å². The fourth-order valence-electron chi connectivity index (χ4n) is 1.71. The molecule has 1 unspecified atom stereocenters. The van der Waals surface area contributed by atoms with Crippen LogP contribution in [0.2, 0.25) is 0 Å². The van der Waals surface area contributed by atoms with Crippen molar-refractivity contribution in [1.82, 2.24) is 5.48 Å². The van der Waals surface area contributed by atoms with Gasteiger partial charge in [-0.2, -0.15) is 0 Å². The number of hydrogen-bond acceptors (Lipinski definition) is 5. The third kappa shape index (κ3) is 4.60. The van der Waals surface area contributed by atoms with Crippen molar-refractivity contribution in [3.05, 3.63) is 17.7 Å². The summed E-state index contributed by atoms with van der Waals surface area (Å²) in [6.45, 7) is 4.85. The standard InChI is InChI=1S/C14H23NO3S/c1-5-10(2)19-14-9-12(17-3)11(6-7-15-16)8-13(14)18-4/h8-10,15-16H,5-7H2,1-4H3. The summed E-state index contributed by atoms with van der Waals surface area (Å²) in [5.74, 6) is 1.70. The highest BCUT2D eigenvalue weighted by Crippen LogP contribution is 2.38. The molecule has 0 aliphatic heterocycles. The summed E-state index contributed by atoms with van der Waals surface area (Å²) in [4.78, 5) is 1.09. The molecule has 19 heavy (non-hydrogen) atoms. The van der Waals surface area contributed by atoms with E-state index in [-0.39, 0.29) is 0 Å². The van der Waals surface area contributed by atoms with Gasteiger partial charge in [-0.25, -0.2) is 5.48 Å². The Morgan fingerprint density at radius 3 is 2.47 bits per heavy atom. The van der Waals surface area contributed by atoms with Gasteiger partial charge in [0, 0.05) is 11.8 Å². The van der Waals surface area contributed by atoms with Gasteiger partial charge in [0.05, 0.1) is 19.1 Å². The molecule has 0 fully saturated rings. The van der Waals surface area contributed by atoms with Crippen LogP contribution in [0, 0.1) is 0 Å². The summed E-state index contributed by atoms with van der Waals surface area (Å²) in [6.07, 6.45) is 1.79. The average molecular weight is 285 g/mol. The highest BCUT2D eigenvalue weighted by atomic mass is 32.2. The van der Waals surface area contributed by atoms with Crippen molar-refractivity contribution in [2.75, 3.05) is 20.8 Å². The average Bonchev–Trinajstić information content (AvgIpc) is 2.44. The molecule has 0 heterocycles. The van der Waals surface area contributed by atoms with Crippen LogP contribution in [-0.4, -0.2) is 31.2 Å². The highest BCUT2D eigenvalue weighted by Gasteiger charge is 2.13. The summed E-state index contributed by atoms with van der Waals surface area (Å²) < 4.78 is 10.9. The maximum absolute atomic E-state index is 8.70. The molecule has 1 rings (SSSR count). The Labute approximate surface area is 119 Å². The summed E-state index contributed by atoms with van der Waals surface area (Å²) >= 11 is 1.79. The second-order valence-corrected chi connectivity index (χ2v) is 5.79. The molecule has 0 aromatic heterocycles. The second-order valence-electron chi connectivity index (χ2n) is 4.31. The van der Waals surface area contributed by atoms with E-state index in [0.29, 0.717) is 18.2 Å². The third-order valence-electron chi connectivity index (χ3n) is 2.98. The highest BCUT2D eigenvalue weighted by molar-refractivity contribution is 8.00. The van der Waals surface area contributed by atoms with E-state index in [9.17, 15) is 0 Å². The number of hydroxylamine groups is 1. The zero-order valence-corrected chi connectivity index (χ0v) is 12.8. The molecular weight excluding hydrogens is 262 g/mol. The SMILES string of the molecule is CCC(C)Sc1cc(OC)c(CCNO)cc1OC. The van der Waals surface area contributed by atoms with Crippen LogP contribution < -0.4 is 15.0 Å². The van der Waals surface area contributed by atoms with E-state index < -0.39 is 0 Å². The zero-order chi connectivity index (χ0) is 14.3. The Kier molecular flexibility index (Phi) is 7.05. The molecule has 1 atom stereocenters. The first kappa shape index (κ1) is 16.1. The van der Waals surface area contributed by atoms with Gasteiger partial charge in [-0.1, -0.05) is 13.8 Å². The lowest BCUT2D eigenvalue weighted by Gasteiger charge is -2.16. The molecule has 108 valence electrons. The lowest BCUT2D eigenvalue weighted by molar-refractivity contribution is 0.168. The minimum atomic E-state index is 0.483. The summed E-state index contributed by atoms with van der Waals surface area (Å²) in [7, 11) is 3.34. The van der Waals surface area contributed by atoms with Crippen molar-refractivity contribution >= 4 is 11.8 Å². The normalized spacial score (nSPS) is 12.3. The van der Waals surface area contributed by atoms with Gasteiger partial charge in [0.15, 0.2) is 0 Å². The Morgan fingerprint density at radius 2 is 1.95 bits per heavy atom. The van der Waals surface area contributed by atoms with Gasteiger partial charge in [-0.05, 0) is 30.5 Å². The fourth-order valence-corrected chi connectivity index (χ4v) is 2.74. The fraction of sp³-hybridized carbons (Fsp3) is 0.571. The zero-order valence-electron chi connectivity index (χ0n) is 12.0. The first-order chi connectivity index (χ1) is 9.15. The van der Waals surface area contributed by atoms with Gasteiger partial charge in [0.2, 0.25) is 0 Å². The number of rotatable bonds is 8. The quantitative estimate of drug-likeness (QED) is 0.568. The molecule has 0 amide bonds. The van der Waals surface area contributed by atoms with E-state index in [1.807, 2.05) is 12.1 Å². The van der Waals surface area contributed by atoms with Crippen molar-refractivity contribution in [3.8, 4) is 11.5 Å². The van der Waals surface area contributed by atoms with Gasteiger partial charge in [0.1, 0.15) is 11.5 Å². The Morgan fingerprint density at radius 1 is 1.26 bits per heavy atom. The van der Waals surface area contributed by atoms with Gasteiger partial charge < -0.3 is 14.7 Å². The van der Waals surface area contributed by atoms with Crippen LogP contribution in [0.15, 0.2) is 17.0 Å². The molecule has 0 bridgehead atoms. The molecule has 1 aromatic rings. The molecule has 0 saturated carbocycles. The molecule has 0 aliphatic rings. The van der Waals surface area contributed by atoms with Gasteiger partial charge >= 0.3 is 0 Å². The largest absolute Gasteiger partial charge is 0.496 e. The van der Waals surface area contributed by atoms with Gasteiger partial charge in [-0.15, -0.1) is 11.8 Å². The lowest BCUT2D eigenvalue weighted by atomic mass is 10.1. The first-order valence-electron chi connectivity index (χ1n) is 6.44. The van der Waals surface area contributed by atoms with Crippen LogP contribution in [0.5, 0.6) is 11.5 Å². The number of nitrogens with one attached hydrogen (secondary N) is 1. The first-order valence-corrected chi connectivity index (χ1v) is 7.32. The molecule has 1 aromatic carbocycles. The predicted molar refractivity (Wildman–Crippen MR) is 78.6 cm³/mol. The molecule has 0 saturated heterocycles. The Balaban J connectivity index is 3.04. The molecule has 0 aliphatic carbocycles. The molecule has 2 N–H and O–H groups in total. The van der Waals surface area contributed by atoms with Gasteiger partial charge in [0.25, 0.3) is 0 Å². The van der Waals surface area contributed by atoms with Crippen LogP contribution >= 0.6 is 11.8 Å². The summed E-state index contributed by atoms with van der Waals surface area (Å²) in [6, 6.07) is 4.00. The molecule has 0 radical (unpaired) electrons. The predicted octanol–water partition coefficient (Wildman–Crippen LogP) is 3.12. The number of ether oxygens (including phenoxy) is 2. The molecule has 4 nitrogen and oxygen atoms in total. The maximum Gasteiger partial charge on any atom is 0.132 e. The van der Waals surface area contributed by atoms with Crippen LogP contribution in [0.1, 0.15) is 25.8 Å². The van der Waals surface area contributed by atoms with E-state index in [1.54, 1.807) is 26.0 Å². The smallest absolute Gasteiger partial charge is 0.132 e. The van der Waals surface area contributed by atoms with E-state index in [0.717, 1.165) is 28.4 Å². The van der Waals surface area contributed by atoms with Crippen molar-refractivity contribution in [1.29, 1.82) is 0 Å². The summed E-state index contributed by atoms with van der Waals surface area (Å²) in [5, 5.41) is 9.23. The van der Waals surface area contributed by atoms with Crippen LogP contribution in [0.3, 0.4) is 0 Å². The minimum Gasteiger partial charge on any atom is -0.496 e. The van der Waals surface area contributed by atoms with E-state index >= 15 is 0 Å². The van der Waals surface area contributed by atoms with Crippen molar-refractivity contribution in [2.45, 2.75) is 36.8 Å². The second kappa shape index (κ2) is 8.30. The van der Waals surface area contributed by atoms with Crippen molar-refractivity contribution in [3.63, 3.8) is 0 Å². The number of thioether (sulfide) groups is 1. The molecule has 5 heteroatoms. The topological polar surface area (TPSA) is 50.7 Å².